The molecule has 82 valence electrons. The zero-order valence-corrected chi connectivity index (χ0v) is 8.91. The molecule has 0 amide bonds. The fraction of sp³-hybridized carbons (Fsp3) is 0.364. The molecular formula is C11H15NO3. The van der Waals surface area contributed by atoms with Crippen LogP contribution in [0.1, 0.15) is 15.9 Å². The first-order chi connectivity index (χ1) is 7.16. The standard InChI is InChI=1S/C11H15NO3/c1-8-9(11(13)14)4-3-5-10(8)12-6-7-15-2/h3-5,12H,6-7H2,1-2H3,(H,13,14). The van der Waals surface area contributed by atoms with E-state index < -0.39 is 5.97 Å². The molecule has 0 unspecified atom stereocenters. The topological polar surface area (TPSA) is 58.6 Å². The monoisotopic (exact) mass is 209 g/mol. The first-order valence-corrected chi connectivity index (χ1v) is 4.72. The average Bonchev–Trinajstić information content (AvgIpc) is 2.20. The van der Waals surface area contributed by atoms with Gasteiger partial charge in [0.05, 0.1) is 12.2 Å². The Morgan fingerprint density at radius 1 is 1.53 bits per heavy atom. The van der Waals surface area contributed by atoms with Gasteiger partial charge in [0.1, 0.15) is 0 Å². The Morgan fingerprint density at radius 3 is 2.87 bits per heavy atom. The summed E-state index contributed by atoms with van der Waals surface area (Å²) in [5.41, 5.74) is 1.92. The lowest BCUT2D eigenvalue weighted by atomic mass is 10.1. The van der Waals surface area contributed by atoms with Gasteiger partial charge in [-0.15, -0.1) is 0 Å². The van der Waals surface area contributed by atoms with E-state index >= 15 is 0 Å². The Morgan fingerprint density at radius 2 is 2.27 bits per heavy atom. The fourth-order valence-corrected chi connectivity index (χ4v) is 1.35. The van der Waals surface area contributed by atoms with Crippen LogP contribution in [0.2, 0.25) is 0 Å². The van der Waals surface area contributed by atoms with E-state index in [9.17, 15) is 4.79 Å². The summed E-state index contributed by atoms with van der Waals surface area (Å²) >= 11 is 0. The smallest absolute Gasteiger partial charge is 0.336 e. The van der Waals surface area contributed by atoms with Gasteiger partial charge in [0, 0.05) is 19.3 Å². The number of anilines is 1. The van der Waals surface area contributed by atoms with E-state index in [4.69, 9.17) is 9.84 Å². The predicted octanol–water partition coefficient (Wildman–Crippen LogP) is 1.75. The minimum absolute atomic E-state index is 0.331. The van der Waals surface area contributed by atoms with E-state index in [1.165, 1.54) is 0 Å². The van der Waals surface area contributed by atoms with Crippen LogP contribution < -0.4 is 5.32 Å². The molecule has 0 aliphatic heterocycles. The van der Waals surface area contributed by atoms with Crippen molar-refractivity contribution in [1.82, 2.24) is 0 Å². The lowest BCUT2D eigenvalue weighted by Gasteiger charge is -2.10. The van der Waals surface area contributed by atoms with Crippen LogP contribution in [0.5, 0.6) is 0 Å². The number of ether oxygens (including phenoxy) is 1. The van der Waals surface area contributed by atoms with Crippen molar-refractivity contribution >= 4 is 11.7 Å². The second kappa shape index (κ2) is 5.36. The molecule has 0 bridgehead atoms. The quantitative estimate of drug-likeness (QED) is 0.725. The van der Waals surface area contributed by atoms with Gasteiger partial charge in [-0.05, 0) is 24.6 Å². The Bertz CT molecular complexity index is 350. The molecule has 0 saturated carbocycles. The van der Waals surface area contributed by atoms with E-state index in [2.05, 4.69) is 5.32 Å². The lowest BCUT2D eigenvalue weighted by Crippen LogP contribution is -2.10. The molecule has 1 rings (SSSR count). The van der Waals surface area contributed by atoms with Crippen molar-refractivity contribution in [3.63, 3.8) is 0 Å². The van der Waals surface area contributed by atoms with Gasteiger partial charge >= 0.3 is 5.97 Å². The minimum Gasteiger partial charge on any atom is -0.478 e. The molecule has 0 atom stereocenters. The molecule has 2 N–H and O–H groups in total. The van der Waals surface area contributed by atoms with E-state index in [1.807, 2.05) is 6.07 Å². The molecule has 0 spiro atoms. The zero-order chi connectivity index (χ0) is 11.3. The van der Waals surface area contributed by atoms with Gasteiger partial charge < -0.3 is 15.2 Å². The summed E-state index contributed by atoms with van der Waals surface area (Å²) in [6.07, 6.45) is 0. The molecule has 4 heteroatoms. The number of carbonyl (C=O) groups is 1. The van der Waals surface area contributed by atoms with Gasteiger partial charge in [0.2, 0.25) is 0 Å². The third kappa shape index (κ3) is 2.95. The summed E-state index contributed by atoms with van der Waals surface area (Å²) in [6.45, 7) is 3.05. The minimum atomic E-state index is -0.900. The van der Waals surface area contributed by atoms with Crippen LogP contribution in [0.15, 0.2) is 18.2 Å². The van der Waals surface area contributed by atoms with Crippen molar-refractivity contribution in [1.29, 1.82) is 0 Å². The van der Waals surface area contributed by atoms with Crippen LogP contribution in [0.25, 0.3) is 0 Å². The summed E-state index contributed by atoms with van der Waals surface area (Å²) in [5.74, 6) is -0.900. The van der Waals surface area contributed by atoms with Crippen molar-refractivity contribution in [3.05, 3.63) is 29.3 Å². The van der Waals surface area contributed by atoms with Crippen LogP contribution in [-0.4, -0.2) is 31.3 Å². The Balaban J connectivity index is 2.80. The lowest BCUT2D eigenvalue weighted by molar-refractivity contribution is 0.0696. The highest BCUT2D eigenvalue weighted by Crippen LogP contribution is 2.18. The number of hydrogen-bond donors (Lipinski definition) is 2. The molecule has 0 aliphatic rings. The average molecular weight is 209 g/mol. The number of methoxy groups -OCH3 is 1. The molecular weight excluding hydrogens is 194 g/mol. The molecule has 1 aromatic rings. The molecule has 0 fully saturated rings. The van der Waals surface area contributed by atoms with E-state index in [0.29, 0.717) is 18.7 Å². The maximum atomic E-state index is 10.9. The van der Waals surface area contributed by atoms with Crippen molar-refractivity contribution in [2.45, 2.75) is 6.92 Å². The van der Waals surface area contributed by atoms with E-state index in [-0.39, 0.29) is 0 Å². The summed E-state index contributed by atoms with van der Waals surface area (Å²) in [5, 5.41) is 12.0. The van der Waals surface area contributed by atoms with E-state index in [1.54, 1.807) is 26.2 Å². The first kappa shape index (κ1) is 11.5. The van der Waals surface area contributed by atoms with Gasteiger partial charge in [-0.1, -0.05) is 6.07 Å². The maximum absolute atomic E-state index is 10.9. The summed E-state index contributed by atoms with van der Waals surface area (Å²) in [4.78, 5) is 10.9. The highest BCUT2D eigenvalue weighted by Gasteiger charge is 2.09. The van der Waals surface area contributed by atoms with Crippen LogP contribution in [0, 0.1) is 6.92 Å². The third-order valence-electron chi connectivity index (χ3n) is 2.19. The van der Waals surface area contributed by atoms with Gasteiger partial charge in [-0.25, -0.2) is 4.79 Å². The molecule has 4 nitrogen and oxygen atoms in total. The highest BCUT2D eigenvalue weighted by molar-refractivity contribution is 5.91. The molecule has 0 radical (unpaired) electrons. The largest absolute Gasteiger partial charge is 0.478 e. The zero-order valence-electron chi connectivity index (χ0n) is 8.91. The number of aromatic carboxylic acids is 1. The van der Waals surface area contributed by atoms with Gasteiger partial charge in [-0.2, -0.15) is 0 Å². The molecule has 0 saturated heterocycles. The third-order valence-corrected chi connectivity index (χ3v) is 2.19. The first-order valence-electron chi connectivity index (χ1n) is 4.72. The van der Waals surface area contributed by atoms with Gasteiger partial charge in [0.15, 0.2) is 0 Å². The summed E-state index contributed by atoms with van der Waals surface area (Å²) in [7, 11) is 1.63. The number of nitrogens with one attached hydrogen (secondary N) is 1. The maximum Gasteiger partial charge on any atom is 0.336 e. The Hall–Kier alpha value is -1.55. The predicted molar refractivity (Wildman–Crippen MR) is 58.5 cm³/mol. The Labute approximate surface area is 88.9 Å². The second-order valence-electron chi connectivity index (χ2n) is 3.20. The van der Waals surface area contributed by atoms with Crippen molar-refractivity contribution in [2.75, 3.05) is 25.6 Å². The number of benzene rings is 1. The SMILES string of the molecule is COCCNc1cccc(C(=O)O)c1C. The normalized spacial score (nSPS) is 10.0. The second-order valence-corrected chi connectivity index (χ2v) is 3.20. The van der Waals surface area contributed by atoms with Gasteiger partial charge in [-0.3, -0.25) is 0 Å². The number of carboxylic acids is 1. The van der Waals surface area contributed by atoms with Crippen molar-refractivity contribution in [2.24, 2.45) is 0 Å². The molecule has 0 heterocycles. The molecule has 0 aromatic heterocycles. The fourth-order valence-electron chi connectivity index (χ4n) is 1.35. The van der Waals surface area contributed by atoms with Crippen molar-refractivity contribution in [3.8, 4) is 0 Å². The molecule has 0 aliphatic carbocycles. The van der Waals surface area contributed by atoms with Crippen LogP contribution in [0.3, 0.4) is 0 Å². The van der Waals surface area contributed by atoms with E-state index in [0.717, 1.165) is 11.3 Å². The highest BCUT2D eigenvalue weighted by atomic mass is 16.5. The van der Waals surface area contributed by atoms with Crippen LogP contribution in [-0.2, 0) is 4.74 Å². The number of hydrogen-bond acceptors (Lipinski definition) is 3. The molecule has 1 aromatic carbocycles. The summed E-state index contributed by atoms with van der Waals surface area (Å²) < 4.78 is 4.90. The number of rotatable bonds is 5. The van der Waals surface area contributed by atoms with Crippen molar-refractivity contribution < 1.29 is 14.6 Å². The Kier molecular flexibility index (Phi) is 4.12. The summed E-state index contributed by atoms with van der Waals surface area (Å²) in [6, 6.07) is 5.18. The van der Waals surface area contributed by atoms with Crippen LogP contribution >= 0.6 is 0 Å². The van der Waals surface area contributed by atoms with Crippen LogP contribution in [0.4, 0.5) is 5.69 Å². The molecule has 15 heavy (non-hydrogen) atoms. The van der Waals surface area contributed by atoms with Gasteiger partial charge in [0.25, 0.3) is 0 Å². The number of carboxylic acid groups (broad SMARTS) is 1.